The number of furan rings is 1. The zero-order valence-corrected chi connectivity index (χ0v) is 13.0. The number of hydrogen-bond donors (Lipinski definition) is 1. The van der Waals surface area contributed by atoms with Crippen LogP contribution in [0, 0.1) is 0 Å². The van der Waals surface area contributed by atoms with Crippen molar-refractivity contribution in [3.63, 3.8) is 0 Å². The fourth-order valence-electron chi connectivity index (χ4n) is 2.78. The van der Waals surface area contributed by atoms with Crippen LogP contribution in [-0.4, -0.2) is 35.0 Å². The van der Waals surface area contributed by atoms with Crippen LogP contribution in [0.4, 0.5) is 0 Å². The second-order valence-electron chi connectivity index (χ2n) is 5.76. The number of aromatic nitrogens is 1. The Labute approximate surface area is 134 Å². The fraction of sp³-hybridized carbons (Fsp3) is 0.412. The Balaban J connectivity index is 1.61. The third-order valence-corrected chi connectivity index (χ3v) is 4.10. The number of likely N-dealkylation sites (tertiary alicyclic amines) is 1. The Bertz CT molecular complexity index is 700. The maximum Gasteiger partial charge on any atom is 0.253 e. The van der Waals surface area contributed by atoms with Gasteiger partial charge in [-0.3, -0.25) is 9.59 Å². The Morgan fingerprint density at radius 3 is 2.74 bits per heavy atom. The van der Waals surface area contributed by atoms with Gasteiger partial charge in [0.1, 0.15) is 5.76 Å². The zero-order chi connectivity index (χ0) is 16.1. The quantitative estimate of drug-likeness (QED) is 0.876. The molecule has 0 unspecified atom stereocenters. The molecule has 6 heteroatoms. The van der Waals surface area contributed by atoms with E-state index in [1.54, 1.807) is 35.2 Å². The number of carbonyl (C=O) groups excluding carboxylic acids is 1. The van der Waals surface area contributed by atoms with E-state index in [1.165, 1.54) is 18.9 Å². The van der Waals surface area contributed by atoms with Crippen LogP contribution in [0.5, 0.6) is 0 Å². The first kappa shape index (κ1) is 15.6. The second-order valence-corrected chi connectivity index (χ2v) is 5.76. The SMILES string of the molecule is O=C(NCc1ccco1)c1ccc(=O)n(CCN2CCCC2)c1. The molecule has 6 nitrogen and oxygen atoms in total. The molecule has 0 radical (unpaired) electrons. The van der Waals surface area contributed by atoms with Crippen LogP contribution in [-0.2, 0) is 13.1 Å². The monoisotopic (exact) mass is 315 g/mol. The summed E-state index contributed by atoms with van der Waals surface area (Å²) in [6.07, 6.45) is 5.66. The topological polar surface area (TPSA) is 67.5 Å². The number of nitrogens with one attached hydrogen (secondary N) is 1. The molecule has 1 aliphatic heterocycles. The van der Waals surface area contributed by atoms with Crippen molar-refractivity contribution in [2.45, 2.75) is 25.9 Å². The van der Waals surface area contributed by atoms with E-state index in [0.29, 0.717) is 24.4 Å². The predicted molar refractivity (Wildman–Crippen MR) is 86.3 cm³/mol. The van der Waals surface area contributed by atoms with Crippen LogP contribution in [0.3, 0.4) is 0 Å². The van der Waals surface area contributed by atoms with Gasteiger partial charge in [0.25, 0.3) is 11.5 Å². The first-order valence-electron chi connectivity index (χ1n) is 7.96. The fourth-order valence-corrected chi connectivity index (χ4v) is 2.78. The molecule has 1 N–H and O–H groups in total. The van der Waals surface area contributed by atoms with Crippen LogP contribution in [0.1, 0.15) is 29.0 Å². The molecule has 1 amide bonds. The van der Waals surface area contributed by atoms with Gasteiger partial charge in [-0.25, -0.2) is 0 Å². The molecule has 0 spiro atoms. The smallest absolute Gasteiger partial charge is 0.253 e. The molecule has 0 aromatic carbocycles. The zero-order valence-electron chi connectivity index (χ0n) is 13.0. The molecular weight excluding hydrogens is 294 g/mol. The van der Waals surface area contributed by atoms with Gasteiger partial charge in [-0.1, -0.05) is 0 Å². The molecule has 2 aromatic rings. The van der Waals surface area contributed by atoms with Gasteiger partial charge in [0, 0.05) is 25.4 Å². The van der Waals surface area contributed by atoms with Gasteiger partial charge in [-0.05, 0) is 44.1 Å². The van der Waals surface area contributed by atoms with Crippen molar-refractivity contribution < 1.29 is 9.21 Å². The third-order valence-electron chi connectivity index (χ3n) is 4.10. The van der Waals surface area contributed by atoms with E-state index < -0.39 is 0 Å². The Morgan fingerprint density at radius 1 is 1.17 bits per heavy atom. The Hall–Kier alpha value is -2.34. The van der Waals surface area contributed by atoms with Crippen molar-refractivity contribution in [3.8, 4) is 0 Å². The van der Waals surface area contributed by atoms with Crippen molar-refractivity contribution in [3.05, 3.63) is 58.4 Å². The number of hydrogen-bond acceptors (Lipinski definition) is 4. The molecule has 3 rings (SSSR count). The normalized spacial score (nSPS) is 15.0. The summed E-state index contributed by atoms with van der Waals surface area (Å²) in [4.78, 5) is 26.5. The number of amides is 1. The summed E-state index contributed by atoms with van der Waals surface area (Å²) in [6.45, 7) is 3.98. The number of pyridine rings is 1. The average molecular weight is 315 g/mol. The van der Waals surface area contributed by atoms with E-state index in [1.807, 2.05) is 0 Å². The highest BCUT2D eigenvalue weighted by molar-refractivity contribution is 5.93. The summed E-state index contributed by atoms with van der Waals surface area (Å²) >= 11 is 0. The molecule has 0 saturated carbocycles. The van der Waals surface area contributed by atoms with Gasteiger partial charge in [0.2, 0.25) is 0 Å². The largest absolute Gasteiger partial charge is 0.467 e. The van der Waals surface area contributed by atoms with Crippen LogP contribution >= 0.6 is 0 Å². The van der Waals surface area contributed by atoms with Crippen molar-refractivity contribution in [2.24, 2.45) is 0 Å². The highest BCUT2D eigenvalue weighted by Crippen LogP contribution is 2.07. The van der Waals surface area contributed by atoms with E-state index in [9.17, 15) is 9.59 Å². The predicted octanol–water partition coefficient (Wildman–Crippen LogP) is 1.47. The number of carbonyl (C=O) groups is 1. The average Bonchev–Trinajstić information content (AvgIpc) is 3.25. The van der Waals surface area contributed by atoms with Gasteiger partial charge in [0.05, 0.1) is 18.4 Å². The van der Waals surface area contributed by atoms with E-state index in [2.05, 4.69) is 10.2 Å². The summed E-state index contributed by atoms with van der Waals surface area (Å²) in [5.74, 6) is 0.483. The molecule has 23 heavy (non-hydrogen) atoms. The lowest BCUT2D eigenvalue weighted by Crippen LogP contribution is -2.30. The molecule has 0 bridgehead atoms. The van der Waals surface area contributed by atoms with E-state index >= 15 is 0 Å². The van der Waals surface area contributed by atoms with Crippen LogP contribution in [0.2, 0.25) is 0 Å². The van der Waals surface area contributed by atoms with Crippen molar-refractivity contribution in [2.75, 3.05) is 19.6 Å². The van der Waals surface area contributed by atoms with E-state index in [4.69, 9.17) is 4.42 Å². The molecule has 1 aliphatic rings. The summed E-state index contributed by atoms with van der Waals surface area (Å²) < 4.78 is 6.79. The summed E-state index contributed by atoms with van der Waals surface area (Å²) in [7, 11) is 0. The van der Waals surface area contributed by atoms with Gasteiger partial charge in [-0.15, -0.1) is 0 Å². The first-order valence-corrected chi connectivity index (χ1v) is 7.96. The van der Waals surface area contributed by atoms with Gasteiger partial charge in [0.15, 0.2) is 0 Å². The van der Waals surface area contributed by atoms with Gasteiger partial charge >= 0.3 is 0 Å². The Kier molecular flexibility index (Phi) is 4.92. The van der Waals surface area contributed by atoms with Crippen molar-refractivity contribution in [1.29, 1.82) is 0 Å². The molecular formula is C17H21N3O3. The molecule has 3 heterocycles. The minimum atomic E-state index is -0.212. The molecule has 2 aromatic heterocycles. The van der Waals surface area contributed by atoms with Crippen molar-refractivity contribution in [1.82, 2.24) is 14.8 Å². The Morgan fingerprint density at radius 2 is 2.00 bits per heavy atom. The molecule has 122 valence electrons. The van der Waals surface area contributed by atoms with Gasteiger partial charge < -0.3 is 19.2 Å². The van der Waals surface area contributed by atoms with Gasteiger partial charge in [-0.2, -0.15) is 0 Å². The molecule has 1 fully saturated rings. The minimum absolute atomic E-state index is 0.0771. The maximum absolute atomic E-state index is 12.2. The van der Waals surface area contributed by atoms with E-state index in [-0.39, 0.29) is 11.5 Å². The number of nitrogens with zero attached hydrogens (tertiary/aromatic N) is 2. The summed E-state index contributed by atoms with van der Waals surface area (Å²) in [5, 5.41) is 2.79. The highest BCUT2D eigenvalue weighted by atomic mass is 16.3. The lowest BCUT2D eigenvalue weighted by molar-refractivity contribution is 0.0947. The standard InChI is InChI=1S/C17H21N3O3/c21-16-6-5-14(17(22)18-12-15-4-3-11-23-15)13-20(16)10-9-19-7-1-2-8-19/h3-6,11,13H,1-2,7-10,12H2,(H,18,22). The number of rotatable bonds is 6. The minimum Gasteiger partial charge on any atom is -0.467 e. The van der Waals surface area contributed by atoms with Crippen LogP contribution in [0.15, 0.2) is 45.9 Å². The highest BCUT2D eigenvalue weighted by Gasteiger charge is 2.12. The lowest BCUT2D eigenvalue weighted by atomic mass is 10.2. The molecule has 0 aliphatic carbocycles. The second kappa shape index (κ2) is 7.28. The molecule has 1 saturated heterocycles. The van der Waals surface area contributed by atoms with Crippen molar-refractivity contribution >= 4 is 5.91 Å². The maximum atomic E-state index is 12.2. The lowest BCUT2D eigenvalue weighted by Gasteiger charge is -2.15. The van der Waals surface area contributed by atoms with Crippen LogP contribution in [0.25, 0.3) is 0 Å². The first-order chi connectivity index (χ1) is 11.2. The summed E-state index contributed by atoms with van der Waals surface area (Å²) in [6, 6.07) is 6.59. The molecule has 0 atom stereocenters. The van der Waals surface area contributed by atoms with E-state index in [0.717, 1.165) is 19.6 Å². The van der Waals surface area contributed by atoms with Crippen LogP contribution < -0.4 is 10.9 Å². The third kappa shape index (κ3) is 4.10. The summed E-state index contributed by atoms with van der Waals surface area (Å²) in [5.41, 5.74) is 0.407.